The van der Waals surface area contributed by atoms with Gasteiger partial charge in [-0.2, -0.15) is 0 Å². The number of nitrogens with one attached hydrogen (secondary N) is 1. The van der Waals surface area contributed by atoms with Crippen LogP contribution in [0.5, 0.6) is 0 Å². The van der Waals surface area contributed by atoms with Crippen LogP contribution >= 0.6 is 0 Å². The summed E-state index contributed by atoms with van der Waals surface area (Å²) in [5, 5.41) is 3.26. The van der Waals surface area contributed by atoms with Crippen molar-refractivity contribution < 1.29 is 9.47 Å². The molecule has 2 rings (SSSR count). The molecule has 2 saturated heterocycles. The Balaban J connectivity index is 1.82. The van der Waals surface area contributed by atoms with E-state index < -0.39 is 0 Å². The first-order valence-corrected chi connectivity index (χ1v) is 4.11. The maximum Gasteiger partial charge on any atom is 0.135 e. The SMILES string of the molecule is C1CN(C2COCCO2)CN1. The van der Waals surface area contributed by atoms with Gasteiger partial charge in [-0.3, -0.25) is 4.90 Å². The molecule has 1 N–H and O–H groups in total. The zero-order valence-electron chi connectivity index (χ0n) is 6.58. The molecule has 4 heteroatoms. The summed E-state index contributed by atoms with van der Waals surface area (Å²) in [7, 11) is 0. The van der Waals surface area contributed by atoms with Gasteiger partial charge < -0.3 is 14.8 Å². The van der Waals surface area contributed by atoms with Gasteiger partial charge in [0.2, 0.25) is 0 Å². The molecule has 1 unspecified atom stereocenters. The first kappa shape index (κ1) is 7.49. The Hall–Kier alpha value is -0.160. The molecule has 0 aromatic rings. The summed E-state index contributed by atoms with van der Waals surface area (Å²) in [6, 6.07) is 0. The highest BCUT2D eigenvalue weighted by atomic mass is 16.6. The van der Waals surface area contributed by atoms with Crippen molar-refractivity contribution in [1.82, 2.24) is 10.2 Å². The normalized spacial score (nSPS) is 34.4. The molecule has 0 aromatic heterocycles. The fourth-order valence-corrected chi connectivity index (χ4v) is 1.46. The second kappa shape index (κ2) is 3.49. The van der Waals surface area contributed by atoms with Crippen LogP contribution in [0.2, 0.25) is 0 Å². The van der Waals surface area contributed by atoms with E-state index in [1.807, 2.05) is 0 Å². The van der Waals surface area contributed by atoms with E-state index in [0.717, 1.165) is 39.6 Å². The lowest BCUT2D eigenvalue weighted by molar-refractivity contribution is -0.148. The Morgan fingerprint density at radius 3 is 3.00 bits per heavy atom. The maximum absolute atomic E-state index is 5.52. The third-order valence-corrected chi connectivity index (χ3v) is 2.10. The highest BCUT2D eigenvalue weighted by molar-refractivity contribution is 4.70. The largest absolute Gasteiger partial charge is 0.375 e. The summed E-state index contributed by atoms with van der Waals surface area (Å²) < 4.78 is 10.8. The number of rotatable bonds is 1. The van der Waals surface area contributed by atoms with Gasteiger partial charge in [-0.1, -0.05) is 0 Å². The third-order valence-electron chi connectivity index (χ3n) is 2.10. The van der Waals surface area contributed by atoms with Gasteiger partial charge in [0, 0.05) is 13.1 Å². The predicted octanol–water partition coefficient (Wildman–Crippen LogP) is -0.778. The van der Waals surface area contributed by atoms with Gasteiger partial charge >= 0.3 is 0 Å². The zero-order valence-corrected chi connectivity index (χ0v) is 6.58. The molecule has 11 heavy (non-hydrogen) atoms. The quantitative estimate of drug-likeness (QED) is 0.543. The summed E-state index contributed by atoms with van der Waals surface area (Å²) >= 11 is 0. The molecule has 0 radical (unpaired) electrons. The second-order valence-electron chi connectivity index (χ2n) is 2.87. The molecule has 1 atom stereocenters. The Morgan fingerprint density at radius 2 is 2.36 bits per heavy atom. The number of ether oxygens (including phenoxy) is 2. The van der Waals surface area contributed by atoms with Gasteiger partial charge in [0.1, 0.15) is 6.23 Å². The monoisotopic (exact) mass is 158 g/mol. The van der Waals surface area contributed by atoms with Crippen LogP contribution in [0.1, 0.15) is 0 Å². The molecular formula is C7H14N2O2. The average molecular weight is 158 g/mol. The molecule has 2 fully saturated rings. The fraction of sp³-hybridized carbons (Fsp3) is 1.00. The highest BCUT2D eigenvalue weighted by Crippen LogP contribution is 2.07. The molecule has 0 spiro atoms. The Bertz CT molecular complexity index is 120. The third kappa shape index (κ3) is 1.70. The minimum Gasteiger partial charge on any atom is -0.375 e. The van der Waals surface area contributed by atoms with E-state index in [4.69, 9.17) is 9.47 Å². The lowest BCUT2D eigenvalue weighted by atomic mass is 10.4. The van der Waals surface area contributed by atoms with Gasteiger partial charge in [-0.05, 0) is 0 Å². The van der Waals surface area contributed by atoms with E-state index in [1.54, 1.807) is 0 Å². The molecule has 2 aliphatic heterocycles. The van der Waals surface area contributed by atoms with Crippen molar-refractivity contribution >= 4 is 0 Å². The summed E-state index contributed by atoms with van der Waals surface area (Å²) in [4.78, 5) is 2.26. The molecule has 0 saturated carbocycles. The van der Waals surface area contributed by atoms with Gasteiger partial charge in [-0.25, -0.2) is 0 Å². The van der Waals surface area contributed by atoms with Crippen molar-refractivity contribution in [1.29, 1.82) is 0 Å². The van der Waals surface area contributed by atoms with Crippen LogP contribution in [-0.4, -0.2) is 50.7 Å². The van der Waals surface area contributed by atoms with Crippen molar-refractivity contribution in [2.24, 2.45) is 0 Å². The van der Waals surface area contributed by atoms with Gasteiger partial charge in [0.25, 0.3) is 0 Å². The predicted molar refractivity (Wildman–Crippen MR) is 40.1 cm³/mol. The van der Waals surface area contributed by atoms with Crippen LogP contribution in [0.25, 0.3) is 0 Å². The van der Waals surface area contributed by atoms with Crippen molar-refractivity contribution in [3.63, 3.8) is 0 Å². The van der Waals surface area contributed by atoms with Crippen LogP contribution in [0, 0.1) is 0 Å². The molecule has 4 nitrogen and oxygen atoms in total. The van der Waals surface area contributed by atoms with E-state index in [2.05, 4.69) is 10.2 Å². The highest BCUT2D eigenvalue weighted by Gasteiger charge is 2.24. The van der Waals surface area contributed by atoms with Crippen LogP contribution < -0.4 is 5.32 Å². The number of hydrogen-bond acceptors (Lipinski definition) is 4. The fourth-order valence-electron chi connectivity index (χ4n) is 1.46. The lowest BCUT2D eigenvalue weighted by Gasteiger charge is -2.29. The lowest BCUT2D eigenvalue weighted by Crippen LogP contribution is -2.43. The van der Waals surface area contributed by atoms with E-state index in [1.165, 1.54) is 0 Å². The average Bonchev–Trinajstić information content (AvgIpc) is 2.58. The van der Waals surface area contributed by atoms with Crippen molar-refractivity contribution in [3.05, 3.63) is 0 Å². The summed E-state index contributed by atoms with van der Waals surface area (Å²) in [6.07, 6.45) is 0.193. The Morgan fingerprint density at radius 1 is 1.36 bits per heavy atom. The zero-order chi connectivity index (χ0) is 7.52. The number of nitrogens with zero attached hydrogens (tertiary/aromatic N) is 1. The first-order chi connectivity index (χ1) is 5.47. The molecule has 0 aromatic carbocycles. The standard InChI is InChI=1S/C7H14N2O2/c1-2-9(6-8-1)7-5-10-3-4-11-7/h7-8H,1-6H2. The van der Waals surface area contributed by atoms with Crippen LogP contribution in [0.15, 0.2) is 0 Å². The molecular weight excluding hydrogens is 144 g/mol. The summed E-state index contributed by atoms with van der Waals surface area (Å²) in [5.41, 5.74) is 0. The van der Waals surface area contributed by atoms with Crippen LogP contribution in [0.4, 0.5) is 0 Å². The van der Waals surface area contributed by atoms with Crippen molar-refractivity contribution in [2.45, 2.75) is 6.23 Å². The topological polar surface area (TPSA) is 33.7 Å². The number of hydrogen-bond donors (Lipinski definition) is 1. The van der Waals surface area contributed by atoms with E-state index >= 15 is 0 Å². The molecule has 64 valence electrons. The second-order valence-corrected chi connectivity index (χ2v) is 2.87. The molecule has 2 aliphatic rings. The minimum atomic E-state index is 0.193. The minimum absolute atomic E-state index is 0.193. The maximum atomic E-state index is 5.52. The molecule has 0 amide bonds. The molecule has 0 bridgehead atoms. The molecule has 2 heterocycles. The van der Waals surface area contributed by atoms with Gasteiger partial charge in [-0.15, -0.1) is 0 Å². The van der Waals surface area contributed by atoms with Crippen molar-refractivity contribution in [3.8, 4) is 0 Å². The summed E-state index contributed by atoms with van der Waals surface area (Å²) in [6.45, 7) is 5.29. The first-order valence-electron chi connectivity index (χ1n) is 4.11. The van der Waals surface area contributed by atoms with Gasteiger partial charge in [0.15, 0.2) is 0 Å². The van der Waals surface area contributed by atoms with Crippen LogP contribution in [0.3, 0.4) is 0 Å². The molecule has 0 aliphatic carbocycles. The van der Waals surface area contributed by atoms with Crippen LogP contribution in [-0.2, 0) is 9.47 Å². The summed E-state index contributed by atoms with van der Waals surface area (Å²) in [5.74, 6) is 0. The Labute approximate surface area is 66.5 Å². The van der Waals surface area contributed by atoms with E-state index in [-0.39, 0.29) is 6.23 Å². The van der Waals surface area contributed by atoms with E-state index in [9.17, 15) is 0 Å². The Kier molecular flexibility index (Phi) is 2.38. The van der Waals surface area contributed by atoms with E-state index in [0.29, 0.717) is 0 Å². The smallest absolute Gasteiger partial charge is 0.135 e. The van der Waals surface area contributed by atoms with Gasteiger partial charge in [0.05, 0.1) is 26.5 Å². The van der Waals surface area contributed by atoms with Crippen molar-refractivity contribution in [2.75, 3.05) is 39.6 Å².